The van der Waals surface area contributed by atoms with Gasteiger partial charge < -0.3 is 31.0 Å². The number of H-pyrrole nitrogens is 2. The van der Waals surface area contributed by atoms with E-state index in [1.165, 1.54) is 6.33 Å². The zero-order chi connectivity index (χ0) is 13.6. The Balaban J connectivity index is 2.28. The van der Waals surface area contributed by atoms with Gasteiger partial charge in [-0.05, 0) is 0 Å². The van der Waals surface area contributed by atoms with Crippen LogP contribution in [0.3, 0.4) is 0 Å². The average molecular weight is 261 g/mol. The minimum absolute atomic E-state index is 0.129. The topological polar surface area (TPSA) is 144 Å². The Morgan fingerprint density at radius 1 is 1.21 bits per heavy atom. The molecule has 0 spiro atoms. The Morgan fingerprint density at radius 3 is 2.68 bits per heavy atom. The molecular formula is C11H11N5O3. The van der Waals surface area contributed by atoms with Crippen LogP contribution in [0.1, 0.15) is 5.69 Å². The van der Waals surface area contributed by atoms with Crippen molar-refractivity contribution in [1.29, 1.82) is 0 Å². The summed E-state index contributed by atoms with van der Waals surface area (Å²) in [7, 11) is 0. The molecule has 0 aromatic carbocycles. The molecule has 98 valence electrons. The van der Waals surface area contributed by atoms with Gasteiger partial charge in [0.2, 0.25) is 0 Å². The molecule has 7 N–H and O–H groups in total. The molecule has 3 heterocycles. The first-order chi connectivity index (χ1) is 9.13. The fraction of sp³-hybridized carbons (Fsp3) is 0.0909. The van der Waals surface area contributed by atoms with Gasteiger partial charge in [-0.25, -0.2) is 9.97 Å². The number of nitrogens with two attached hydrogens (primary N) is 1. The largest absolute Gasteiger partial charge is 0.503 e. The summed E-state index contributed by atoms with van der Waals surface area (Å²) in [6.45, 7) is -0.418. The number of nitrogens with zero attached hydrogens (tertiary/aromatic N) is 2. The highest BCUT2D eigenvalue weighted by Crippen LogP contribution is 2.41. The molecule has 3 aromatic heterocycles. The summed E-state index contributed by atoms with van der Waals surface area (Å²) >= 11 is 0. The second-order valence-electron chi connectivity index (χ2n) is 4.02. The van der Waals surface area contributed by atoms with E-state index in [9.17, 15) is 10.2 Å². The molecule has 0 atom stereocenters. The lowest BCUT2D eigenvalue weighted by molar-refractivity contribution is 0.270. The number of fused-ring (bicyclic) bond motifs is 1. The van der Waals surface area contributed by atoms with Crippen LogP contribution < -0.4 is 5.73 Å². The first-order valence-corrected chi connectivity index (χ1v) is 5.45. The van der Waals surface area contributed by atoms with Crippen LogP contribution in [0.4, 0.5) is 5.82 Å². The quantitative estimate of drug-likeness (QED) is 0.395. The Hall–Kier alpha value is -2.74. The van der Waals surface area contributed by atoms with Crippen molar-refractivity contribution in [1.82, 2.24) is 19.9 Å². The van der Waals surface area contributed by atoms with E-state index in [0.717, 1.165) is 0 Å². The van der Waals surface area contributed by atoms with E-state index in [1.807, 2.05) is 0 Å². The highest BCUT2D eigenvalue weighted by Gasteiger charge is 2.20. The Bertz CT molecular complexity index is 761. The van der Waals surface area contributed by atoms with E-state index in [1.54, 1.807) is 6.20 Å². The van der Waals surface area contributed by atoms with Gasteiger partial charge in [0.1, 0.15) is 17.4 Å². The number of nitrogens with one attached hydrogen (secondary N) is 2. The second-order valence-corrected chi connectivity index (χ2v) is 4.02. The normalized spacial score (nSPS) is 11.2. The number of nitrogen functional groups attached to an aromatic ring is 1. The number of hydrogen-bond donors (Lipinski definition) is 6. The first-order valence-electron chi connectivity index (χ1n) is 5.45. The third-order valence-corrected chi connectivity index (χ3v) is 2.94. The van der Waals surface area contributed by atoms with Crippen molar-refractivity contribution in [3.8, 4) is 22.8 Å². The highest BCUT2D eigenvalue weighted by molar-refractivity contribution is 5.97. The molecule has 0 fully saturated rings. The van der Waals surface area contributed by atoms with Crippen molar-refractivity contribution in [2.45, 2.75) is 6.61 Å². The van der Waals surface area contributed by atoms with Crippen LogP contribution in [0.5, 0.6) is 11.5 Å². The van der Waals surface area contributed by atoms with Crippen molar-refractivity contribution in [3.05, 3.63) is 18.2 Å². The molecular weight excluding hydrogens is 250 g/mol. The Labute approximate surface area is 106 Å². The third-order valence-electron chi connectivity index (χ3n) is 2.94. The monoisotopic (exact) mass is 261 g/mol. The summed E-state index contributed by atoms with van der Waals surface area (Å²) < 4.78 is 0. The van der Waals surface area contributed by atoms with Crippen LogP contribution in [-0.4, -0.2) is 35.3 Å². The lowest BCUT2D eigenvalue weighted by Crippen LogP contribution is -1.92. The lowest BCUT2D eigenvalue weighted by atomic mass is 10.2. The molecule has 0 radical (unpaired) electrons. The summed E-state index contributed by atoms with van der Waals surface area (Å²) in [6, 6.07) is 0. The molecule has 8 nitrogen and oxygen atoms in total. The molecule has 0 bridgehead atoms. The van der Waals surface area contributed by atoms with Gasteiger partial charge in [-0.1, -0.05) is 0 Å². The van der Waals surface area contributed by atoms with Gasteiger partial charge in [-0.2, -0.15) is 0 Å². The van der Waals surface area contributed by atoms with E-state index in [0.29, 0.717) is 16.6 Å². The van der Waals surface area contributed by atoms with Gasteiger partial charge in [0.15, 0.2) is 17.3 Å². The smallest absolute Gasteiger partial charge is 0.184 e. The van der Waals surface area contributed by atoms with Gasteiger partial charge in [-0.15, -0.1) is 0 Å². The minimum Gasteiger partial charge on any atom is -0.503 e. The van der Waals surface area contributed by atoms with Crippen LogP contribution in [0.25, 0.3) is 22.3 Å². The van der Waals surface area contributed by atoms with E-state index in [2.05, 4.69) is 19.9 Å². The molecule has 0 saturated heterocycles. The van der Waals surface area contributed by atoms with Gasteiger partial charge in [0.05, 0.1) is 18.0 Å². The zero-order valence-electron chi connectivity index (χ0n) is 9.68. The number of aromatic hydroxyl groups is 2. The van der Waals surface area contributed by atoms with E-state index >= 15 is 0 Å². The summed E-state index contributed by atoms with van der Waals surface area (Å²) in [5.74, 6) is -0.440. The Kier molecular flexibility index (Phi) is 2.32. The maximum atomic E-state index is 9.87. The van der Waals surface area contributed by atoms with Crippen LogP contribution in [0.2, 0.25) is 0 Å². The maximum absolute atomic E-state index is 9.87. The van der Waals surface area contributed by atoms with Crippen LogP contribution in [0, 0.1) is 0 Å². The molecule has 0 unspecified atom stereocenters. The number of rotatable bonds is 2. The van der Waals surface area contributed by atoms with Crippen molar-refractivity contribution < 1.29 is 15.3 Å². The van der Waals surface area contributed by atoms with Gasteiger partial charge in [-0.3, -0.25) is 0 Å². The summed E-state index contributed by atoms with van der Waals surface area (Å²) in [4.78, 5) is 13.6. The Morgan fingerprint density at radius 2 is 2.00 bits per heavy atom. The van der Waals surface area contributed by atoms with Crippen LogP contribution in [-0.2, 0) is 6.61 Å². The minimum atomic E-state index is -0.418. The highest BCUT2D eigenvalue weighted by atomic mass is 16.3. The molecule has 3 aromatic rings. The SMILES string of the molecule is Nc1ncnc2c(-c3[nH]c(CO)c(O)c3O)c[nH]c12. The fourth-order valence-electron chi connectivity index (χ4n) is 1.99. The molecule has 8 heteroatoms. The van der Waals surface area contributed by atoms with Gasteiger partial charge in [0, 0.05) is 11.8 Å². The summed E-state index contributed by atoms with van der Waals surface area (Å²) in [5.41, 5.74) is 7.66. The molecule has 0 aliphatic carbocycles. The second kappa shape index (κ2) is 3.89. The predicted molar refractivity (Wildman–Crippen MR) is 67.3 cm³/mol. The van der Waals surface area contributed by atoms with E-state index in [-0.39, 0.29) is 28.7 Å². The average Bonchev–Trinajstić information content (AvgIpc) is 2.94. The third kappa shape index (κ3) is 1.50. The molecule has 19 heavy (non-hydrogen) atoms. The van der Waals surface area contributed by atoms with Crippen molar-refractivity contribution in [2.24, 2.45) is 0 Å². The number of aliphatic hydroxyl groups is 1. The number of anilines is 1. The molecule has 0 aliphatic heterocycles. The van der Waals surface area contributed by atoms with Crippen LogP contribution in [0.15, 0.2) is 12.5 Å². The van der Waals surface area contributed by atoms with Gasteiger partial charge in [0.25, 0.3) is 0 Å². The maximum Gasteiger partial charge on any atom is 0.184 e. The summed E-state index contributed by atoms with van der Waals surface area (Å²) in [5, 5.41) is 28.6. The van der Waals surface area contributed by atoms with Crippen LogP contribution >= 0.6 is 0 Å². The number of aliphatic hydroxyl groups excluding tert-OH is 1. The van der Waals surface area contributed by atoms with Gasteiger partial charge >= 0.3 is 0 Å². The fourth-order valence-corrected chi connectivity index (χ4v) is 1.99. The predicted octanol–water partition coefficient (Wildman–Crippen LogP) is 0.439. The zero-order valence-corrected chi connectivity index (χ0v) is 9.68. The molecule has 3 rings (SSSR count). The molecule has 0 amide bonds. The number of aromatic amines is 2. The van der Waals surface area contributed by atoms with Crippen molar-refractivity contribution >= 4 is 16.9 Å². The number of hydrogen-bond acceptors (Lipinski definition) is 6. The first kappa shape index (κ1) is 11.4. The van der Waals surface area contributed by atoms with Crippen molar-refractivity contribution in [2.75, 3.05) is 5.73 Å². The lowest BCUT2D eigenvalue weighted by Gasteiger charge is -1.97. The standard InChI is InChI=1S/C11H11N5O3/c12-11-8-6(14-3-15-11)4(1-13-8)7-10(19)9(18)5(2-17)16-7/h1,3,13,16-19H,2H2,(H2,12,14,15). The summed E-state index contributed by atoms with van der Waals surface area (Å²) in [6.07, 6.45) is 2.89. The molecule has 0 saturated carbocycles. The number of aromatic nitrogens is 4. The van der Waals surface area contributed by atoms with E-state index < -0.39 is 6.61 Å². The molecule has 0 aliphatic rings. The van der Waals surface area contributed by atoms with E-state index in [4.69, 9.17) is 10.8 Å². The van der Waals surface area contributed by atoms with Crippen molar-refractivity contribution in [3.63, 3.8) is 0 Å².